The molecule has 1 heterocycles. The average Bonchev–Trinajstić information content (AvgIpc) is 3.04. The third kappa shape index (κ3) is 2.21. The zero-order valence-corrected chi connectivity index (χ0v) is 19.7. The molecule has 29 heavy (non-hydrogen) atoms. The molecule has 5 rings (SSSR count). The van der Waals surface area contributed by atoms with Crippen molar-refractivity contribution in [3.05, 3.63) is 39.4 Å². The Bertz CT molecular complexity index is 956. The van der Waals surface area contributed by atoms with Crippen molar-refractivity contribution in [3.8, 4) is 0 Å². The molecule has 4 aliphatic rings. The molecular weight excluding hydrogens is 522 g/mol. The summed E-state index contributed by atoms with van der Waals surface area (Å²) in [7, 11) is 0. The number of carbonyl (C=O) groups is 2. The van der Waals surface area contributed by atoms with Crippen molar-refractivity contribution < 1.29 is 9.59 Å². The summed E-state index contributed by atoms with van der Waals surface area (Å²) in [6.45, 7) is 0. The Labute approximate surface area is 202 Å². The fraction of sp³-hybridized carbons (Fsp3) is 0.474. The minimum absolute atomic E-state index is 0.111. The third-order valence-corrected chi connectivity index (χ3v) is 11.6. The van der Waals surface area contributed by atoms with Crippen molar-refractivity contribution >= 4 is 98.7 Å². The number of halogens is 7. The molecule has 2 bridgehead atoms. The topological polar surface area (TPSA) is 37.4 Å². The average molecular weight is 534 g/mol. The van der Waals surface area contributed by atoms with E-state index in [2.05, 4.69) is 0 Å². The minimum atomic E-state index is -1.67. The van der Waals surface area contributed by atoms with Crippen LogP contribution in [0.25, 0.3) is 0 Å². The standard InChI is InChI=1S/C19H12Cl7NO2/c20-11-3-1-2-4-12(11)27-15(28)7-5-9-10(6-8(7)16(27)29)18(24)14(22)13(21)17(9,23)19(18,25)26/h1-4,7-10H,5-6H2. The van der Waals surface area contributed by atoms with E-state index in [-0.39, 0.29) is 34.7 Å². The summed E-state index contributed by atoms with van der Waals surface area (Å²) in [5.41, 5.74) is 0.367. The number of hydrogen-bond acceptors (Lipinski definition) is 2. The summed E-state index contributed by atoms with van der Waals surface area (Å²) >= 11 is 46.2. The summed E-state index contributed by atoms with van der Waals surface area (Å²) in [6, 6.07) is 6.73. The number of nitrogens with zero attached hydrogens (tertiary/aromatic N) is 1. The van der Waals surface area contributed by atoms with Crippen molar-refractivity contribution in [2.45, 2.75) is 26.9 Å². The Kier molecular flexibility index (Phi) is 4.59. The number of benzene rings is 1. The molecule has 1 aliphatic heterocycles. The third-order valence-electron chi connectivity index (χ3n) is 6.92. The van der Waals surface area contributed by atoms with Gasteiger partial charge in [-0.15, -0.1) is 23.2 Å². The van der Waals surface area contributed by atoms with Crippen LogP contribution in [0.1, 0.15) is 12.8 Å². The van der Waals surface area contributed by atoms with E-state index in [1.54, 1.807) is 24.3 Å². The second-order valence-corrected chi connectivity index (χ2v) is 11.7. The molecule has 1 aromatic rings. The van der Waals surface area contributed by atoms with Crippen molar-refractivity contribution in [2.24, 2.45) is 23.7 Å². The van der Waals surface area contributed by atoms with E-state index in [4.69, 9.17) is 81.2 Å². The lowest BCUT2D eigenvalue weighted by Gasteiger charge is -2.42. The van der Waals surface area contributed by atoms with Gasteiger partial charge < -0.3 is 0 Å². The number of anilines is 1. The van der Waals surface area contributed by atoms with Crippen LogP contribution in [0.5, 0.6) is 0 Å². The molecule has 0 N–H and O–H groups in total. The van der Waals surface area contributed by atoms with Crippen molar-refractivity contribution in [1.82, 2.24) is 0 Å². The molecule has 154 valence electrons. The van der Waals surface area contributed by atoms with Crippen LogP contribution in [-0.4, -0.2) is 25.9 Å². The molecule has 1 aromatic carbocycles. The fourth-order valence-electron chi connectivity index (χ4n) is 5.59. The Morgan fingerprint density at radius 3 is 1.69 bits per heavy atom. The second-order valence-electron chi connectivity index (χ2n) is 7.99. The maximum atomic E-state index is 13.2. The van der Waals surface area contributed by atoms with Crippen LogP contribution in [0.15, 0.2) is 34.3 Å². The Hall–Kier alpha value is 0.130. The molecule has 0 radical (unpaired) electrons. The van der Waals surface area contributed by atoms with Gasteiger partial charge in [0, 0.05) is 0 Å². The lowest BCUT2D eigenvalue weighted by molar-refractivity contribution is -0.122. The first-order valence-electron chi connectivity index (χ1n) is 8.93. The molecular formula is C19H12Cl7NO2. The van der Waals surface area contributed by atoms with Crippen LogP contribution >= 0.6 is 81.2 Å². The molecule has 0 spiro atoms. The number of hydrogen-bond donors (Lipinski definition) is 0. The quantitative estimate of drug-likeness (QED) is 0.313. The van der Waals surface area contributed by atoms with E-state index in [9.17, 15) is 9.59 Å². The monoisotopic (exact) mass is 531 g/mol. The maximum absolute atomic E-state index is 13.2. The number of carbonyl (C=O) groups excluding carboxylic acids is 2. The first-order valence-corrected chi connectivity index (χ1v) is 11.6. The summed E-state index contributed by atoms with van der Waals surface area (Å²) in [5.74, 6) is -2.62. The van der Waals surface area contributed by atoms with E-state index >= 15 is 0 Å². The van der Waals surface area contributed by atoms with E-state index in [0.717, 1.165) is 4.90 Å². The highest BCUT2D eigenvalue weighted by molar-refractivity contribution is 6.65. The fourth-order valence-corrected chi connectivity index (χ4v) is 8.92. The SMILES string of the molecule is O=C1C2CC3C(CC2C(=O)N1c1ccccc1Cl)C1(Cl)C(Cl)=C(Cl)C3(Cl)C1(Cl)Cl. The van der Waals surface area contributed by atoms with Gasteiger partial charge in [-0.05, 0) is 36.8 Å². The normalized spacial score (nSPS) is 42.5. The zero-order chi connectivity index (χ0) is 21.1. The summed E-state index contributed by atoms with van der Waals surface area (Å²) < 4.78 is -1.67. The van der Waals surface area contributed by atoms with Gasteiger partial charge in [-0.3, -0.25) is 9.59 Å². The number of rotatable bonds is 1. The lowest BCUT2D eigenvalue weighted by atomic mass is 9.65. The predicted octanol–water partition coefficient (Wildman–Crippen LogP) is 6.32. The van der Waals surface area contributed by atoms with E-state index in [1.807, 2.05) is 0 Å². The number of amides is 2. The van der Waals surface area contributed by atoms with Crippen LogP contribution in [0.4, 0.5) is 5.69 Å². The van der Waals surface area contributed by atoms with Gasteiger partial charge in [0.25, 0.3) is 0 Å². The molecule has 3 aliphatic carbocycles. The van der Waals surface area contributed by atoms with Gasteiger partial charge in [-0.1, -0.05) is 70.1 Å². The van der Waals surface area contributed by atoms with Crippen LogP contribution in [0.3, 0.4) is 0 Å². The molecule has 2 amide bonds. The van der Waals surface area contributed by atoms with Crippen LogP contribution in [0.2, 0.25) is 5.02 Å². The molecule has 1 saturated heterocycles. The number of imide groups is 1. The Morgan fingerprint density at radius 2 is 1.24 bits per heavy atom. The molecule has 6 atom stereocenters. The minimum Gasteiger partial charge on any atom is -0.274 e. The molecule has 3 fully saturated rings. The van der Waals surface area contributed by atoms with Crippen molar-refractivity contribution in [1.29, 1.82) is 0 Å². The van der Waals surface area contributed by atoms with E-state index in [0.29, 0.717) is 10.7 Å². The number of allylic oxidation sites excluding steroid dienone is 2. The second kappa shape index (κ2) is 6.34. The van der Waals surface area contributed by atoms with Gasteiger partial charge in [0.1, 0.15) is 9.75 Å². The van der Waals surface area contributed by atoms with Gasteiger partial charge in [0.2, 0.25) is 11.8 Å². The molecule has 6 unspecified atom stereocenters. The molecule has 10 heteroatoms. The van der Waals surface area contributed by atoms with Gasteiger partial charge in [-0.2, -0.15) is 0 Å². The number of alkyl halides is 4. The van der Waals surface area contributed by atoms with E-state index < -0.39 is 37.8 Å². The Balaban J connectivity index is 1.58. The lowest BCUT2D eigenvalue weighted by Crippen LogP contribution is -2.44. The highest BCUT2D eigenvalue weighted by Crippen LogP contribution is 2.79. The van der Waals surface area contributed by atoms with Gasteiger partial charge in [-0.25, -0.2) is 4.90 Å². The van der Waals surface area contributed by atoms with Crippen LogP contribution in [0, 0.1) is 23.7 Å². The van der Waals surface area contributed by atoms with Crippen molar-refractivity contribution in [3.63, 3.8) is 0 Å². The molecule has 3 nitrogen and oxygen atoms in total. The summed E-state index contributed by atoms with van der Waals surface area (Å²) in [6.07, 6.45) is 0.556. The Morgan fingerprint density at radius 1 is 0.793 bits per heavy atom. The number of fused-ring (bicyclic) bond motifs is 6. The van der Waals surface area contributed by atoms with Crippen LogP contribution < -0.4 is 4.90 Å². The summed E-state index contributed by atoms with van der Waals surface area (Å²) in [4.78, 5) is 24.8. The highest BCUT2D eigenvalue weighted by atomic mass is 35.5. The number of para-hydroxylation sites is 1. The van der Waals surface area contributed by atoms with Crippen LogP contribution in [-0.2, 0) is 9.59 Å². The largest absolute Gasteiger partial charge is 0.274 e. The van der Waals surface area contributed by atoms with Gasteiger partial charge in [0.15, 0.2) is 4.33 Å². The van der Waals surface area contributed by atoms with Gasteiger partial charge in [0.05, 0.1) is 32.6 Å². The summed E-state index contributed by atoms with van der Waals surface area (Å²) in [5, 5.41) is 0.546. The zero-order valence-electron chi connectivity index (χ0n) is 14.4. The smallest absolute Gasteiger partial charge is 0.237 e. The predicted molar refractivity (Wildman–Crippen MR) is 117 cm³/mol. The van der Waals surface area contributed by atoms with E-state index in [1.165, 1.54) is 0 Å². The first-order chi connectivity index (χ1) is 13.5. The maximum Gasteiger partial charge on any atom is 0.237 e. The van der Waals surface area contributed by atoms with Gasteiger partial charge >= 0.3 is 0 Å². The molecule has 0 aromatic heterocycles. The highest BCUT2D eigenvalue weighted by Gasteiger charge is 2.83. The molecule has 2 saturated carbocycles. The van der Waals surface area contributed by atoms with Crippen molar-refractivity contribution in [2.75, 3.05) is 4.90 Å². The first kappa shape index (κ1) is 21.0.